The van der Waals surface area contributed by atoms with Gasteiger partial charge in [-0.2, -0.15) is 13.2 Å². The highest BCUT2D eigenvalue weighted by Gasteiger charge is 2.31. The van der Waals surface area contributed by atoms with E-state index >= 15 is 0 Å². The van der Waals surface area contributed by atoms with Crippen molar-refractivity contribution in [2.75, 3.05) is 31.9 Å². The number of aryl methyl sites for hydroxylation is 1. The molecule has 0 aliphatic heterocycles. The van der Waals surface area contributed by atoms with Crippen LogP contribution in [0, 0.1) is 0 Å². The number of methoxy groups -OCH3 is 2. The van der Waals surface area contributed by atoms with Gasteiger partial charge in [-0.3, -0.25) is 14.2 Å². The molecule has 248 valence electrons. The zero-order chi connectivity index (χ0) is 33.7. The number of esters is 1. The molecule has 0 atom stereocenters. The Kier molecular flexibility index (Phi) is 10.4. The van der Waals surface area contributed by atoms with Gasteiger partial charge < -0.3 is 24.8 Å². The average Bonchev–Trinajstić information content (AvgIpc) is 3.76. The first-order valence-corrected chi connectivity index (χ1v) is 16.2. The number of nitrogens with one attached hydrogen (secondary N) is 2. The minimum Gasteiger partial charge on any atom is -0.497 e. The summed E-state index contributed by atoms with van der Waals surface area (Å²) in [7, 11) is 2.89. The molecule has 2 N–H and O–H groups in total. The Hall–Kier alpha value is -4.57. The van der Waals surface area contributed by atoms with E-state index in [4.69, 9.17) is 14.2 Å². The SMILES string of the molecule is CCOC(=O)c1c(NC(=O)CSc2nnc(CNC(=O)c3cc(OC)cc(OC)c3)n2-c2cccc(C(F)(F)F)c2)sc2c1CCC2. The molecule has 2 aromatic heterocycles. The first kappa shape index (κ1) is 33.8. The first-order valence-electron chi connectivity index (χ1n) is 14.4. The molecule has 1 aliphatic rings. The number of alkyl halides is 3. The number of carbonyl (C=O) groups excluding carboxylic acids is 3. The largest absolute Gasteiger partial charge is 0.497 e. The van der Waals surface area contributed by atoms with Crippen LogP contribution in [0.1, 0.15) is 55.9 Å². The summed E-state index contributed by atoms with van der Waals surface area (Å²) < 4.78 is 57.9. The summed E-state index contributed by atoms with van der Waals surface area (Å²) in [5.74, 6) is -0.776. The number of halogens is 3. The van der Waals surface area contributed by atoms with Crippen LogP contribution in [-0.4, -0.2) is 59.1 Å². The molecule has 2 heterocycles. The Bertz CT molecular complexity index is 1780. The van der Waals surface area contributed by atoms with Crippen molar-refractivity contribution in [3.8, 4) is 17.2 Å². The third kappa shape index (κ3) is 7.71. The second-order valence-corrected chi connectivity index (χ2v) is 12.2. The van der Waals surface area contributed by atoms with E-state index < -0.39 is 29.5 Å². The number of fused-ring (bicyclic) bond motifs is 1. The summed E-state index contributed by atoms with van der Waals surface area (Å²) in [6.07, 6.45) is -2.18. The summed E-state index contributed by atoms with van der Waals surface area (Å²) >= 11 is 2.27. The molecular weight excluding hydrogens is 659 g/mol. The summed E-state index contributed by atoms with van der Waals surface area (Å²) in [5.41, 5.74) is 0.660. The normalized spacial score (nSPS) is 12.4. The molecule has 47 heavy (non-hydrogen) atoms. The molecule has 0 bridgehead atoms. The number of rotatable bonds is 12. The summed E-state index contributed by atoms with van der Waals surface area (Å²) in [6.45, 7) is 1.68. The average molecular weight is 690 g/mol. The van der Waals surface area contributed by atoms with Gasteiger partial charge in [-0.15, -0.1) is 21.5 Å². The highest BCUT2D eigenvalue weighted by Crippen LogP contribution is 2.40. The number of nitrogens with zero attached hydrogens (tertiary/aromatic N) is 3. The maximum absolute atomic E-state index is 13.6. The highest BCUT2D eigenvalue weighted by atomic mass is 32.2. The molecule has 0 radical (unpaired) electrons. The maximum Gasteiger partial charge on any atom is 0.416 e. The predicted molar refractivity (Wildman–Crippen MR) is 169 cm³/mol. The number of thioether (sulfide) groups is 1. The van der Waals surface area contributed by atoms with E-state index in [1.165, 1.54) is 54.4 Å². The molecule has 0 saturated carbocycles. The topological polar surface area (TPSA) is 134 Å². The fourth-order valence-corrected chi connectivity index (χ4v) is 7.06. The molecule has 0 fully saturated rings. The number of ether oxygens (including phenoxy) is 3. The van der Waals surface area contributed by atoms with Gasteiger partial charge in [-0.05, 0) is 62.1 Å². The van der Waals surface area contributed by atoms with Crippen LogP contribution < -0.4 is 20.1 Å². The van der Waals surface area contributed by atoms with Crippen LogP contribution in [0.3, 0.4) is 0 Å². The molecule has 2 amide bonds. The van der Waals surface area contributed by atoms with E-state index in [-0.39, 0.29) is 41.1 Å². The fraction of sp³-hybridized carbons (Fsp3) is 0.323. The van der Waals surface area contributed by atoms with Gasteiger partial charge in [-0.25, -0.2) is 4.79 Å². The van der Waals surface area contributed by atoms with E-state index in [0.29, 0.717) is 22.1 Å². The van der Waals surface area contributed by atoms with Crippen LogP contribution in [0.2, 0.25) is 0 Å². The molecule has 2 aromatic carbocycles. The molecule has 1 aliphatic carbocycles. The fourth-order valence-electron chi connectivity index (χ4n) is 4.99. The van der Waals surface area contributed by atoms with Gasteiger partial charge in [0, 0.05) is 16.5 Å². The summed E-state index contributed by atoms with van der Waals surface area (Å²) in [6, 6.07) is 9.17. The third-order valence-corrected chi connectivity index (χ3v) is 9.28. The van der Waals surface area contributed by atoms with Crippen molar-refractivity contribution in [3.05, 3.63) is 75.4 Å². The Balaban J connectivity index is 1.38. The molecule has 5 rings (SSSR count). The summed E-state index contributed by atoms with van der Waals surface area (Å²) in [4.78, 5) is 39.9. The number of thiophene rings is 1. The number of anilines is 1. The van der Waals surface area contributed by atoms with Crippen LogP contribution in [0.5, 0.6) is 11.5 Å². The zero-order valence-corrected chi connectivity index (χ0v) is 27.2. The molecule has 11 nitrogen and oxygen atoms in total. The van der Waals surface area contributed by atoms with Gasteiger partial charge in [0.2, 0.25) is 5.91 Å². The van der Waals surface area contributed by atoms with Gasteiger partial charge in [0.25, 0.3) is 5.91 Å². The number of aromatic nitrogens is 3. The predicted octanol–water partition coefficient (Wildman–Crippen LogP) is 5.69. The molecule has 16 heteroatoms. The third-order valence-electron chi connectivity index (χ3n) is 7.14. The highest BCUT2D eigenvalue weighted by molar-refractivity contribution is 7.99. The van der Waals surface area contributed by atoms with Gasteiger partial charge in [-0.1, -0.05) is 17.8 Å². The number of carbonyl (C=O) groups is 3. The lowest BCUT2D eigenvalue weighted by Gasteiger charge is -2.14. The molecule has 0 unspecified atom stereocenters. The zero-order valence-electron chi connectivity index (χ0n) is 25.5. The summed E-state index contributed by atoms with van der Waals surface area (Å²) in [5, 5.41) is 14.3. The maximum atomic E-state index is 13.6. The van der Waals surface area contributed by atoms with Crippen molar-refractivity contribution in [1.82, 2.24) is 20.1 Å². The minimum absolute atomic E-state index is 0.0827. The molecule has 4 aromatic rings. The van der Waals surface area contributed by atoms with Crippen LogP contribution >= 0.6 is 23.1 Å². The monoisotopic (exact) mass is 689 g/mol. The Morgan fingerprint density at radius 1 is 1.04 bits per heavy atom. The van der Waals surface area contributed by atoms with Crippen molar-refractivity contribution < 1.29 is 41.8 Å². The van der Waals surface area contributed by atoms with E-state index in [2.05, 4.69) is 20.8 Å². The van der Waals surface area contributed by atoms with Crippen LogP contribution in [0.25, 0.3) is 5.69 Å². The standard InChI is InChI=1S/C31H30F3N5O6S2/c1-4-45-29(42)26-22-9-6-10-23(22)47-28(26)36-25(40)16-46-30-38-37-24(39(30)19-8-5-7-18(13-19)31(32,33)34)15-35-27(41)17-11-20(43-2)14-21(12-17)44-3/h5,7-8,11-14H,4,6,9-10,15-16H2,1-3H3,(H,35,41)(H,36,40). The van der Waals surface area contributed by atoms with E-state index in [9.17, 15) is 27.6 Å². The Morgan fingerprint density at radius 2 is 1.79 bits per heavy atom. The van der Waals surface area contributed by atoms with Crippen molar-refractivity contribution in [3.63, 3.8) is 0 Å². The second-order valence-electron chi connectivity index (χ2n) is 10.2. The molecule has 0 saturated heterocycles. The Labute approximate surface area is 275 Å². The first-order chi connectivity index (χ1) is 22.5. The second kappa shape index (κ2) is 14.5. The molecular formula is C31H30F3N5O6S2. The van der Waals surface area contributed by atoms with Gasteiger partial charge in [0.15, 0.2) is 11.0 Å². The smallest absolute Gasteiger partial charge is 0.416 e. The van der Waals surface area contributed by atoms with Crippen LogP contribution in [-0.2, 0) is 35.1 Å². The van der Waals surface area contributed by atoms with E-state index in [1.54, 1.807) is 13.0 Å². The van der Waals surface area contributed by atoms with E-state index in [1.807, 2.05) is 0 Å². The number of hydrogen-bond donors (Lipinski definition) is 2. The van der Waals surface area contributed by atoms with E-state index in [0.717, 1.165) is 53.6 Å². The lowest BCUT2D eigenvalue weighted by atomic mass is 10.1. The quantitative estimate of drug-likeness (QED) is 0.142. The number of hydrogen-bond acceptors (Lipinski definition) is 10. The number of amides is 2. The minimum atomic E-state index is -4.62. The Morgan fingerprint density at radius 3 is 2.47 bits per heavy atom. The van der Waals surface area contributed by atoms with Crippen molar-refractivity contribution in [1.29, 1.82) is 0 Å². The molecule has 0 spiro atoms. The van der Waals surface area contributed by atoms with Gasteiger partial charge in [0.05, 0.1) is 49.9 Å². The van der Waals surface area contributed by atoms with Gasteiger partial charge >= 0.3 is 12.1 Å². The lowest BCUT2D eigenvalue weighted by molar-refractivity contribution is -0.137. The van der Waals surface area contributed by atoms with Crippen molar-refractivity contribution >= 4 is 45.9 Å². The van der Waals surface area contributed by atoms with Crippen molar-refractivity contribution in [2.45, 2.75) is 44.1 Å². The van der Waals surface area contributed by atoms with Crippen LogP contribution in [0.4, 0.5) is 18.2 Å². The van der Waals surface area contributed by atoms with Crippen molar-refractivity contribution in [2.24, 2.45) is 0 Å². The van der Waals surface area contributed by atoms with Crippen LogP contribution in [0.15, 0.2) is 47.6 Å². The lowest BCUT2D eigenvalue weighted by Crippen LogP contribution is -2.25. The number of benzene rings is 2. The van der Waals surface area contributed by atoms with Gasteiger partial charge in [0.1, 0.15) is 16.5 Å².